The van der Waals surface area contributed by atoms with Crippen molar-refractivity contribution in [2.45, 2.75) is 6.92 Å². The number of pyridine rings is 1. The average molecular weight is 155 g/mol. The van der Waals surface area contributed by atoms with Gasteiger partial charge in [-0.3, -0.25) is 0 Å². The van der Waals surface area contributed by atoms with Gasteiger partial charge in [-0.1, -0.05) is 0 Å². The lowest BCUT2D eigenvalue weighted by atomic mass is 10.0. The van der Waals surface area contributed by atoms with Crippen molar-refractivity contribution in [3.05, 3.63) is 24.0 Å². The van der Waals surface area contributed by atoms with Gasteiger partial charge in [0.05, 0.1) is 11.9 Å². The minimum Gasteiger partial charge on any atom is -0.248 e. The zero-order valence-electron chi connectivity index (χ0n) is 6.65. The van der Waals surface area contributed by atoms with Crippen LogP contribution < -0.4 is 5.59 Å². The number of hydrogen-bond acceptors (Lipinski definition) is 3. The van der Waals surface area contributed by atoms with E-state index in [2.05, 4.69) is 15.0 Å². The van der Waals surface area contributed by atoms with Crippen LogP contribution in [-0.2, 0) is 0 Å². The fourth-order valence-corrected chi connectivity index (χ4v) is 1.01. The molecular weight excluding hydrogens is 149 g/mol. The first-order valence-electron chi connectivity index (χ1n) is 3.61. The zero-order valence-corrected chi connectivity index (χ0v) is 6.65. The first kappa shape index (κ1) is 7.22. The average Bonchev–Trinajstić information content (AvgIpc) is 2.05. The highest BCUT2D eigenvalue weighted by Gasteiger charge is 1.96. The maximum absolute atomic E-state index is 5.48. The van der Waals surface area contributed by atoms with E-state index in [1.165, 1.54) is 0 Å². The van der Waals surface area contributed by atoms with Crippen molar-refractivity contribution < 1.29 is 0 Å². The summed E-state index contributed by atoms with van der Waals surface area (Å²) in [6.07, 6.45) is 1.68. The van der Waals surface area contributed by atoms with Crippen molar-refractivity contribution in [3.8, 4) is 0 Å². The van der Waals surface area contributed by atoms with E-state index >= 15 is 0 Å². The van der Waals surface area contributed by atoms with Gasteiger partial charge in [-0.05, 0) is 24.6 Å². The van der Waals surface area contributed by atoms with Crippen LogP contribution in [-0.4, -0.2) is 22.8 Å². The molecule has 2 aromatic heterocycles. The molecule has 2 radical (unpaired) electrons. The highest BCUT2D eigenvalue weighted by molar-refractivity contribution is 6.30. The second-order valence-electron chi connectivity index (χ2n) is 2.59. The highest BCUT2D eigenvalue weighted by atomic mass is 14.9. The third-order valence-electron chi connectivity index (χ3n) is 1.55. The van der Waals surface area contributed by atoms with E-state index in [0.717, 1.165) is 11.2 Å². The second kappa shape index (κ2) is 2.55. The maximum Gasteiger partial charge on any atom is 0.177 e. The fourth-order valence-electron chi connectivity index (χ4n) is 1.01. The summed E-state index contributed by atoms with van der Waals surface area (Å²) in [5, 5.41) is 0. The van der Waals surface area contributed by atoms with Crippen LogP contribution in [0.1, 0.15) is 5.69 Å². The summed E-state index contributed by atoms with van der Waals surface area (Å²) in [4.78, 5) is 12.3. The highest BCUT2D eigenvalue weighted by Crippen LogP contribution is 2.02. The van der Waals surface area contributed by atoms with Gasteiger partial charge in [0, 0.05) is 0 Å². The SMILES string of the molecule is [B]c1ccc2nc(C)cnc2n1. The molecule has 0 spiro atoms. The Balaban J connectivity index is 2.79. The number of aryl methyl sites for hydroxylation is 1. The van der Waals surface area contributed by atoms with Crippen LogP contribution in [0.2, 0.25) is 0 Å². The van der Waals surface area contributed by atoms with Crippen molar-refractivity contribution in [3.63, 3.8) is 0 Å². The van der Waals surface area contributed by atoms with Crippen molar-refractivity contribution in [2.24, 2.45) is 0 Å². The van der Waals surface area contributed by atoms with Crippen LogP contribution in [0.25, 0.3) is 11.2 Å². The van der Waals surface area contributed by atoms with Crippen molar-refractivity contribution in [1.82, 2.24) is 15.0 Å². The summed E-state index contributed by atoms with van der Waals surface area (Å²) in [6.45, 7) is 1.89. The predicted molar refractivity (Wildman–Crippen MR) is 47.5 cm³/mol. The van der Waals surface area contributed by atoms with E-state index in [1.807, 2.05) is 13.0 Å². The molecule has 0 saturated carbocycles. The molecule has 0 amide bonds. The summed E-state index contributed by atoms with van der Waals surface area (Å²) >= 11 is 0. The molecule has 0 aliphatic heterocycles. The smallest absolute Gasteiger partial charge is 0.177 e. The molecule has 0 aromatic carbocycles. The standard InChI is InChI=1S/C8H6BN3/c1-5-4-10-8-6(11-5)2-3-7(9)12-8/h2-4H,1H3. The number of hydrogen-bond donors (Lipinski definition) is 0. The van der Waals surface area contributed by atoms with E-state index in [9.17, 15) is 0 Å². The molecule has 56 valence electrons. The van der Waals surface area contributed by atoms with Crippen molar-refractivity contribution >= 4 is 24.6 Å². The van der Waals surface area contributed by atoms with Gasteiger partial charge in [0.15, 0.2) is 5.65 Å². The summed E-state index contributed by atoms with van der Waals surface area (Å²) in [5.74, 6) is 0. The quantitative estimate of drug-likeness (QED) is 0.507. The Labute approximate surface area is 71.3 Å². The molecule has 0 saturated heterocycles. The van der Waals surface area contributed by atoms with Gasteiger partial charge in [0.25, 0.3) is 0 Å². The summed E-state index contributed by atoms with van der Waals surface area (Å²) < 4.78 is 0. The van der Waals surface area contributed by atoms with E-state index in [-0.39, 0.29) is 0 Å². The Kier molecular flexibility index (Phi) is 1.53. The van der Waals surface area contributed by atoms with Gasteiger partial charge in [0.1, 0.15) is 13.4 Å². The van der Waals surface area contributed by atoms with Gasteiger partial charge in [-0.15, -0.1) is 0 Å². The van der Waals surface area contributed by atoms with Crippen LogP contribution in [0, 0.1) is 6.92 Å². The maximum atomic E-state index is 5.48. The molecule has 12 heavy (non-hydrogen) atoms. The molecule has 2 heterocycles. The lowest BCUT2D eigenvalue weighted by molar-refractivity contribution is 1.16. The Morgan fingerprint density at radius 1 is 1.25 bits per heavy atom. The number of aromatic nitrogens is 3. The molecule has 4 heteroatoms. The Morgan fingerprint density at radius 2 is 2.08 bits per heavy atom. The molecule has 3 nitrogen and oxygen atoms in total. The molecule has 2 aromatic rings. The molecule has 0 atom stereocenters. The fraction of sp³-hybridized carbons (Fsp3) is 0.125. The molecule has 0 bridgehead atoms. The molecule has 0 unspecified atom stereocenters. The second-order valence-corrected chi connectivity index (χ2v) is 2.59. The zero-order chi connectivity index (χ0) is 8.55. The minimum absolute atomic E-state index is 0.473. The van der Waals surface area contributed by atoms with Gasteiger partial charge < -0.3 is 0 Å². The topological polar surface area (TPSA) is 38.7 Å². The van der Waals surface area contributed by atoms with E-state index in [1.54, 1.807) is 12.3 Å². The Hall–Kier alpha value is -1.45. The van der Waals surface area contributed by atoms with E-state index in [0.29, 0.717) is 11.2 Å². The monoisotopic (exact) mass is 155 g/mol. The minimum atomic E-state index is 0.473. The van der Waals surface area contributed by atoms with Crippen LogP contribution in [0.4, 0.5) is 0 Å². The summed E-state index contributed by atoms with van der Waals surface area (Å²) in [6, 6.07) is 3.54. The molecule has 0 N–H and O–H groups in total. The summed E-state index contributed by atoms with van der Waals surface area (Å²) in [7, 11) is 5.48. The number of nitrogens with zero attached hydrogens (tertiary/aromatic N) is 3. The first-order valence-corrected chi connectivity index (χ1v) is 3.61. The Bertz CT molecular complexity index is 386. The number of fused-ring (bicyclic) bond motifs is 1. The first-order chi connectivity index (χ1) is 5.75. The lowest BCUT2D eigenvalue weighted by Crippen LogP contribution is -2.08. The van der Waals surface area contributed by atoms with Crippen molar-refractivity contribution in [1.29, 1.82) is 0 Å². The van der Waals surface area contributed by atoms with Gasteiger partial charge >= 0.3 is 0 Å². The van der Waals surface area contributed by atoms with E-state index in [4.69, 9.17) is 7.85 Å². The van der Waals surface area contributed by atoms with Gasteiger partial charge in [-0.25, -0.2) is 15.0 Å². The third kappa shape index (κ3) is 1.16. The van der Waals surface area contributed by atoms with Gasteiger partial charge in [-0.2, -0.15) is 0 Å². The van der Waals surface area contributed by atoms with Crippen LogP contribution >= 0.6 is 0 Å². The lowest BCUT2D eigenvalue weighted by Gasteiger charge is -1.97. The summed E-state index contributed by atoms with van der Waals surface area (Å²) in [5.41, 5.74) is 2.74. The molecular formula is C8H6BN3. The number of rotatable bonds is 0. The van der Waals surface area contributed by atoms with E-state index < -0.39 is 0 Å². The van der Waals surface area contributed by atoms with Crippen molar-refractivity contribution in [2.75, 3.05) is 0 Å². The van der Waals surface area contributed by atoms with Gasteiger partial charge in [0.2, 0.25) is 0 Å². The van der Waals surface area contributed by atoms with Crippen LogP contribution in [0.15, 0.2) is 18.3 Å². The normalized spacial score (nSPS) is 10.4. The largest absolute Gasteiger partial charge is 0.248 e. The predicted octanol–water partition coefficient (Wildman–Crippen LogP) is 0.127. The Morgan fingerprint density at radius 3 is 2.92 bits per heavy atom. The van der Waals surface area contributed by atoms with Crippen LogP contribution in [0.3, 0.4) is 0 Å². The third-order valence-corrected chi connectivity index (χ3v) is 1.55. The molecule has 2 rings (SSSR count). The molecule has 0 aliphatic carbocycles. The molecule has 0 aliphatic rings. The van der Waals surface area contributed by atoms with Crippen LogP contribution in [0.5, 0.6) is 0 Å². The molecule has 0 fully saturated rings.